The van der Waals surface area contributed by atoms with Gasteiger partial charge in [-0.25, -0.2) is 8.78 Å². The molecule has 0 fully saturated rings. The summed E-state index contributed by atoms with van der Waals surface area (Å²) in [5.74, 6) is 2.50. The van der Waals surface area contributed by atoms with Crippen LogP contribution in [0.4, 0.5) is 8.78 Å². The molecule has 0 heterocycles. The molecule has 0 amide bonds. The Morgan fingerprint density at radius 1 is 1.12 bits per heavy atom. The molecule has 0 aliphatic carbocycles. The zero-order chi connectivity index (χ0) is 19.6. The lowest BCUT2D eigenvalue weighted by Gasteiger charge is -2.27. The van der Waals surface area contributed by atoms with Gasteiger partial charge in [0.2, 0.25) is 0 Å². The van der Waals surface area contributed by atoms with E-state index in [4.69, 9.17) is 9.47 Å². The predicted octanol–water partition coefficient (Wildman–Crippen LogP) is 3.79. The average Bonchev–Trinajstić information content (AvgIpc) is 2.57. The van der Waals surface area contributed by atoms with E-state index in [9.17, 15) is 18.4 Å². The second-order valence-electron chi connectivity index (χ2n) is 5.48. The molecule has 0 N–H and O–H groups in total. The molecule has 0 aliphatic rings. The summed E-state index contributed by atoms with van der Waals surface area (Å²) in [6.07, 6.45) is 1.66. The zero-order valence-electron chi connectivity index (χ0n) is 14.9. The number of allylic oxidation sites excluding steroid dienone is 1. The van der Waals surface area contributed by atoms with Crippen molar-refractivity contribution in [3.05, 3.63) is 48.1 Å². The van der Waals surface area contributed by atoms with Crippen LogP contribution < -0.4 is 0 Å². The van der Waals surface area contributed by atoms with Gasteiger partial charge in [0.1, 0.15) is 11.6 Å². The third-order valence-electron chi connectivity index (χ3n) is 3.60. The van der Waals surface area contributed by atoms with E-state index in [1.807, 2.05) is 0 Å². The highest BCUT2D eigenvalue weighted by Gasteiger charge is 2.47. The number of ether oxygens (including phenoxy) is 2. The number of hydrogen-bond acceptors (Lipinski definition) is 4. The Labute approximate surface area is 152 Å². The highest BCUT2D eigenvalue weighted by Crippen LogP contribution is 2.32. The standard InChI is InChI=1S/C20H22F2O4/c1-4-10-20(18(23)25-5-2,19(24)26-6-3)11-8-7-9-15-12-16(21)14-17(22)13-15/h4,12-14H,1,5-6,8,10-11H2,2-3H3. The van der Waals surface area contributed by atoms with Crippen molar-refractivity contribution in [2.24, 2.45) is 5.41 Å². The Bertz CT molecular complexity index is 678. The van der Waals surface area contributed by atoms with Crippen molar-refractivity contribution in [1.29, 1.82) is 0 Å². The van der Waals surface area contributed by atoms with Crippen LogP contribution in [0, 0.1) is 28.9 Å². The van der Waals surface area contributed by atoms with Crippen molar-refractivity contribution >= 4 is 11.9 Å². The predicted molar refractivity (Wildman–Crippen MR) is 93.0 cm³/mol. The highest BCUT2D eigenvalue weighted by atomic mass is 19.1. The van der Waals surface area contributed by atoms with Gasteiger partial charge >= 0.3 is 11.9 Å². The summed E-state index contributed by atoms with van der Waals surface area (Å²) in [4.78, 5) is 24.8. The van der Waals surface area contributed by atoms with Gasteiger partial charge in [-0.1, -0.05) is 17.9 Å². The lowest BCUT2D eigenvalue weighted by Crippen LogP contribution is -2.41. The van der Waals surface area contributed by atoms with Crippen LogP contribution >= 0.6 is 0 Å². The van der Waals surface area contributed by atoms with E-state index in [0.717, 1.165) is 18.2 Å². The van der Waals surface area contributed by atoms with Crippen LogP contribution in [0.2, 0.25) is 0 Å². The molecule has 6 heteroatoms. The van der Waals surface area contributed by atoms with Gasteiger partial charge in [0.05, 0.1) is 13.2 Å². The smallest absolute Gasteiger partial charge is 0.323 e. The highest BCUT2D eigenvalue weighted by molar-refractivity contribution is 6.00. The third kappa shape index (κ3) is 5.69. The van der Waals surface area contributed by atoms with Gasteiger partial charge in [0.15, 0.2) is 5.41 Å². The second-order valence-corrected chi connectivity index (χ2v) is 5.48. The summed E-state index contributed by atoms with van der Waals surface area (Å²) < 4.78 is 36.4. The minimum absolute atomic E-state index is 0.0426. The molecule has 0 aliphatic heterocycles. The minimum atomic E-state index is -1.53. The molecule has 0 radical (unpaired) electrons. The van der Waals surface area contributed by atoms with E-state index >= 15 is 0 Å². The number of hydrogen-bond donors (Lipinski definition) is 0. The SMILES string of the molecule is C=CCC(CCC#Cc1cc(F)cc(F)c1)(C(=O)OCC)C(=O)OCC. The van der Waals surface area contributed by atoms with Crippen molar-refractivity contribution in [1.82, 2.24) is 0 Å². The van der Waals surface area contributed by atoms with Crippen LogP contribution in [-0.4, -0.2) is 25.2 Å². The Kier molecular flexibility index (Phi) is 8.50. The lowest BCUT2D eigenvalue weighted by atomic mass is 9.80. The first-order chi connectivity index (χ1) is 12.4. The number of benzene rings is 1. The molecule has 0 spiro atoms. The number of carbonyl (C=O) groups is 2. The van der Waals surface area contributed by atoms with Crippen LogP contribution in [0.25, 0.3) is 0 Å². The molecule has 0 unspecified atom stereocenters. The molecule has 0 bridgehead atoms. The van der Waals surface area contributed by atoms with Crippen molar-refractivity contribution in [3.63, 3.8) is 0 Å². The van der Waals surface area contributed by atoms with Gasteiger partial charge in [-0.3, -0.25) is 9.59 Å². The molecule has 4 nitrogen and oxygen atoms in total. The molecule has 1 aromatic rings. The largest absolute Gasteiger partial charge is 0.465 e. The van der Waals surface area contributed by atoms with E-state index in [1.54, 1.807) is 13.8 Å². The van der Waals surface area contributed by atoms with Crippen molar-refractivity contribution in [2.75, 3.05) is 13.2 Å². The molecular weight excluding hydrogens is 342 g/mol. The summed E-state index contributed by atoms with van der Waals surface area (Å²) in [6.45, 7) is 7.10. The van der Waals surface area contributed by atoms with Crippen molar-refractivity contribution < 1.29 is 27.8 Å². The third-order valence-corrected chi connectivity index (χ3v) is 3.60. The van der Waals surface area contributed by atoms with Crippen molar-refractivity contribution in [2.45, 2.75) is 33.1 Å². The van der Waals surface area contributed by atoms with Crippen LogP contribution in [0.1, 0.15) is 38.7 Å². The van der Waals surface area contributed by atoms with Gasteiger partial charge in [0, 0.05) is 18.1 Å². The molecule has 0 saturated carbocycles. The molecule has 26 heavy (non-hydrogen) atoms. The molecule has 0 saturated heterocycles. The van der Waals surface area contributed by atoms with Crippen LogP contribution in [0.15, 0.2) is 30.9 Å². The van der Waals surface area contributed by atoms with Gasteiger partial charge < -0.3 is 9.47 Å². The minimum Gasteiger partial charge on any atom is -0.465 e. The zero-order valence-corrected chi connectivity index (χ0v) is 14.9. The molecule has 0 atom stereocenters. The van der Waals surface area contributed by atoms with Gasteiger partial charge in [0.25, 0.3) is 0 Å². The number of esters is 2. The van der Waals surface area contributed by atoms with Crippen LogP contribution in [-0.2, 0) is 19.1 Å². The molecule has 1 rings (SSSR count). The van der Waals surface area contributed by atoms with Gasteiger partial charge in [-0.05, 0) is 38.8 Å². The lowest BCUT2D eigenvalue weighted by molar-refractivity contribution is -0.172. The normalized spacial score (nSPS) is 10.5. The fourth-order valence-corrected chi connectivity index (χ4v) is 2.41. The van der Waals surface area contributed by atoms with Crippen LogP contribution in [0.3, 0.4) is 0 Å². The van der Waals surface area contributed by atoms with E-state index in [2.05, 4.69) is 18.4 Å². The monoisotopic (exact) mass is 364 g/mol. The molecular formula is C20H22F2O4. The van der Waals surface area contributed by atoms with E-state index in [1.165, 1.54) is 6.08 Å². The quantitative estimate of drug-likeness (QED) is 0.305. The summed E-state index contributed by atoms with van der Waals surface area (Å²) >= 11 is 0. The van der Waals surface area contributed by atoms with Gasteiger partial charge in [-0.15, -0.1) is 6.58 Å². The molecule has 140 valence electrons. The van der Waals surface area contributed by atoms with E-state index < -0.39 is 29.0 Å². The van der Waals surface area contributed by atoms with Crippen molar-refractivity contribution in [3.8, 4) is 11.8 Å². The maximum absolute atomic E-state index is 13.2. The maximum atomic E-state index is 13.2. The molecule has 1 aromatic carbocycles. The first-order valence-electron chi connectivity index (χ1n) is 8.30. The second kappa shape index (κ2) is 10.3. The van der Waals surface area contributed by atoms with Gasteiger partial charge in [-0.2, -0.15) is 0 Å². The average molecular weight is 364 g/mol. The number of halogens is 2. The molecule has 0 aromatic heterocycles. The maximum Gasteiger partial charge on any atom is 0.323 e. The topological polar surface area (TPSA) is 52.6 Å². The van der Waals surface area contributed by atoms with Crippen LogP contribution in [0.5, 0.6) is 0 Å². The fraction of sp³-hybridized carbons (Fsp3) is 0.400. The number of carbonyl (C=O) groups excluding carboxylic acids is 2. The summed E-state index contributed by atoms with van der Waals surface area (Å²) in [5.41, 5.74) is -1.36. The fourth-order valence-electron chi connectivity index (χ4n) is 2.41. The Hall–Kier alpha value is -2.68. The van der Waals surface area contributed by atoms with E-state index in [-0.39, 0.29) is 38.0 Å². The Morgan fingerprint density at radius 2 is 1.65 bits per heavy atom. The first kappa shape index (κ1) is 21.4. The first-order valence-corrected chi connectivity index (χ1v) is 8.30. The summed E-state index contributed by atoms with van der Waals surface area (Å²) in [5, 5.41) is 0. The summed E-state index contributed by atoms with van der Waals surface area (Å²) in [7, 11) is 0. The van der Waals surface area contributed by atoms with E-state index in [0.29, 0.717) is 0 Å². The number of rotatable bonds is 8. The Morgan fingerprint density at radius 3 is 2.12 bits per heavy atom. The Balaban J connectivity index is 3.01. The summed E-state index contributed by atoms with van der Waals surface area (Å²) in [6, 6.07) is 2.95.